The molecule has 1 heterocycles. The number of rotatable bonds is 3. The molecule has 1 amide bonds. The normalized spacial score (nSPS) is 22.8. The molecule has 1 aromatic rings. The monoisotopic (exact) mass is 281 g/mol. The first-order valence-electron chi connectivity index (χ1n) is 6.53. The van der Waals surface area contributed by atoms with E-state index in [2.05, 4.69) is 5.32 Å². The van der Waals surface area contributed by atoms with E-state index >= 15 is 0 Å². The number of hydrogen-bond acceptors (Lipinski definition) is 4. The number of ether oxygens (including phenoxy) is 1. The predicted octanol–water partition coefficient (Wildman–Crippen LogP) is 2.52. The van der Waals surface area contributed by atoms with Crippen molar-refractivity contribution in [3.8, 4) is 0 Å². The van der Waals surface area contributed by atoms with Gasteiger partial charge < -0.3 is 10.1 Å². The number of carbonyl (C=O) groups is 2. The van der Waals surface area contributed by atoms with Crippen LogP contribution in [0.1, 0.15) is 41.6 Å². The molecule has 0 saturated heterocycles. The number of methoxy groups -OCH3 is 1. The first-order valence-corrected chi connectivity index (χ1v) is 7.47. The molecule has 1 aromatic heterocycles. The van der Waals surface area contributed by atoms with Gasteiger partial charge in [-0.15, -0.1) is 0 Å². The van der Waals surface area contributed by atoms with Crippen LogP contribution in [0.2, 0.25) is 0 Å². The lowest BCUT2D eigenvalue weighted by Gasteiger charge is -2.27. The first kappa shape index (κ1) is 14.1. The maximum Gasteiger partial charge on any atom is 0.308 e. The molecule has 0 aromatic carbocycles. The lowest BCUT2D eigenvalue weighted by Crippen LogP contribution is -2.39. The van der Waals surface area contributed by atoms with Gasteiger partial charge in [-0.3, -0.25) is 9.59 Å². The van der Waals surface area contributed by atoms with Gasteiger partial charge in [-0.2, -0.15) is 11.3 Å². The van der Waals surface area contributed by atoms with Crippen LogP contribution in [-0.2, 0) is 9.53 Å². The highest BCUT2D eigenvalue weighted by molar-refractivity contribution is 7.08. The van der Waals surface area contributed by atoms with Crippen LogP contribution in [0.4, 0.5) is 0 Å². The molecular formula is C14H19NO3S. The molecule has 4 nitrogen and oxygen atoms in total. The molecule has 1 fully saturated rings. The van der Waals surface area contributed by atoms with E-state index in [0.29, 0.717) is 0 Å². The van der Waals surface area contributed by atoms with Crippen LogP contribution in [0, 0.1) is 12.8 Å². The molecular weight excluding hydrogens is 262 g/mol. The minimum absolute atomic E-state index is 0.000248. The fourth-order valence-corrected chi connectivity index (χ4v) is 3.32. The van der Waals surface area contributed by atoms with Crippen LogP contribution in [0.3, 0.4) is 0 Å². The Morgan fingerprint density at radius 1 is 1.26 bits per heavy atom. The van der Waals surface area contributed by atoms with Crippen molar-refractivity contribution in [2.75, 3.05) is 7.11 Å². The van der Waals surface area contributed by atoms with E-state index in [1.807, 2.05) is 17.7 Å². The molecule has 0 spiro atoms. The van der Waals surface area contributed by atoms with E-state index in [-0.39, 0.29) is 23.8 Å². The maximum absolute atomic E-state index is 12.1. The first-order chi connectivity index (χ1) is 9.11. The molecule has 19 heavy (non-hydrogen) atoms. The van der Waals surface area contributed by atoms with Crippen molar-refractivity contribution in [1.29, 1.82) is 0 Å². The summed E-state index contributed by atoms with van der Waals surface area (Å²) in [7, 11) is 1.43. The van der Waals surface area contributed by atoms with Crippen LogP contribution >= 0.6 is 11.3 Å². The standard InChI is InChI=1S/C14H19NO3S/c1-9-7-19-8-12(9)13(16)15-11-5-3-10(4-6-11)14(17)18-2/h7-8,10-11H,3-6H2,1-2H3,(H,15,16). The smallest absolute Gasteiger partial charge is 0.308 e. The Morgan fingerprint density at radius 3 is 2.47 bits per heavy atom. The predicted molar refractivity (Wildman–Crippen MR) is 74.3 cm³/mol. The van der Waals surface area contributed by atoms with Gasteiger partial charge in [0.1, 0.15) is 0 Å². The summed E-state index contributed by atoms with van der Waals surface area (Å²) in [6.07, 6.45) is 3.27. The molecule has 1 N–H and O–H groups in total. The van der Waals surface area contributed by atoms with Gasteiger partial charge in [-0.1, -0.05) is 0 Å². The van der Waals surface area contributed by atoms with Gasteiger partial charge in [0, 0.05) is 11.4 Å². The Balaban J connectivity index is 1.85. The van der Waals surface area contributed by atoms with Crippen molar-refractivity contribution in [2.24, 2.45) is 5.92 Å². The molecule has 2 rings (SSSR count). The highest BCUT2D eigenvalue weighted by Gasteiger charge is 2.27. The fraction of sp³-hybridized carbons (Fsp3) is 0.571. The summed E-state index contributed by atoms with van der Waals surface area (Å²) in [5.41, 5.74) is 1.78. The van der Waals surface area contributed by atoms with Gasteiger partial charge in [0.15, 0.2) is 0 Å². The zero-order chi connectivity index (χ0) is 13.8. The van der Waals surface area contributed by atoms with Crippen molar-refractivity contribution in [3.05, 3.63) is 21.9 Å². The Kier molecular flexibility index (Phi) is 4.58. The number of nitrogens with one attached hydrogen (secondary N) is 1. The van der Waals surface area contributed by atoms with Crippen LogP contribution in [0.5, 0.6) is 0 Å². The molecule has 1 saturated carbocycles. The zero-order valence-corrected chi connectivity index (χ0v) is 12.1. The summed E-state index contributed by atoms with van der Waals surface area (Å²) in [5, 5.41) is 6.91. The number of amides is 1. The summed E-state index contributed by atoms with van der Waals surface area (Å²) in [4.78, 5) is 23.5. The quantitative estimate of drug-likeness (QED) is 0.866. The summed E-state index contributed by atoms with van der Waals surface area (Å²) < 4.78 is 4.76. The number of hydrogen-bond donors (Lipinski definition) is 1. The second kappa shape index (κ2) is 6.19. The van der Waals surface area contributed by atoms with Gasteiger partial charge in [-0.05, 0) is 43.6 Å². The summed E-state index contributed by atoms with van der Waals surface area (Å²) in [6.45, 7) is 1.94. The minimum Gasteiger partial charge on any atom is -0.469 e. The number of aryl methyl sites for hydroxylation is 1. The Labute approximate surface area is 117 Å². The molecule has 5 heteroatoms. The lowest BCUT2D eigenvalue weighted by atomic mass is 9.86. The minimum atomic E-state index is -0.126. The third-order valence-electron chi connectivity index (χ3n) is 3.70. The third-order valence-corrected chi connectivity index (χ3v) is 4.56. The van der Waals surface area contributed by atoms with Crippen molar-refractivity contribution in [3.63, 3.8) is 0 Å². The number of esters is 1. The lowest BCUT2D eigenvalue weighted by molar-refractivity contribution is -0.146. The van der Waals surface area contributed by atoms with Crippen molar-refractivity contribution >= 4 is 23.2 Å². The van der Waals surface area contributed by atoms with E-state index in [4.69, 9.17) is 4.74 Å². The van der Waals surface area contributed by atoms with E-state index in [9.17, 15) is 9.59 Å². The van der Waals surface area contributed by atoms with Gasteiger partial charge >= 0.3 is 5.97 Å². The fourth-order valence-electron chi connectivity index (χ4n) is 2.50. The van der Waals surface area contributed by atoms with Gasteiger partial charge in [0.2, 0.25) is 0 Å². The number of carbonyl (C=O) groups excluding carboxylic acids is 2. The van der Waals surface area contributed by atoms with Crippen molar-refractivity contribution in [1.82, 2.24) is 5.32 Å². The Morgan fingerprint density at radius 2 is 1.95 bits per heavy atom. The molecule has 0 atom stereocenters. The summed E-state index contributed by atoms with van der Waals surface area (Å²) in [6, 6.07) is 0.174. The average molecular weight is 281 g/mol. The van der Waals surface area contributed by atoms with Gasteiger partial charge in [-0.25, -0.2) is 0 Å². The second-order valence-corrected chi connectivity index (χ2v) is 5.76. The molecule has 104 valence electrons. The molecule has 0 aliphatic heterocycles. The molecule has 0 radical (unpaired) electrons. The highest BCUT2D eigenvalue weighted by Crippen LogP contribution is 2.25. The molecule has 0 bridgehead atoms. The van der Waals surface area contributed by atoms with Crippen molar-refractivity contribution < 1.29 is 14.3 Å². The van der Waals surface area contributed by atoms with Crippen LogP contribution in [0.25, 0.3) is 0 Å². The van der Waals surface area contributed by atoms with Crippen LogP contribution < -0.4 is 5.32 Å². The summed E-state index contributed by atoms with van der Waals surface area (Å²) in [5.74, 6) is -0.125. The van der Waals surface area contributed by atoms with Gasteiger partial charge in [0.05, 0.1) is 18.6 Å². The number of thiophene rings is 1. The summed E-state index contributed by atoms with van der Waals surface area (Å²) >= 11 is 1.54. The molecule has 1 aliphatic rings. The van der Waals surface area contributed by atoms with Gasteiger partial charge in [0.25, 0.3) is 5.91 Å². The van der Waals surface area contributed by atoms with Crippen LogP contribution in [0.15, 0.2) is 10.8 Å². The van der Waals surface area contributed by atoms with Crippen LogP contribution in [-0.4, -0.2) is 25.0 Å². The molecule has 0 unspecified atom stereocenters. The zero-order valence-electron chi connectivity index (χ0n) is 11.3. The van der Waals surface area contributed by atoms with E-state index in [1.54, 1.807) is 11.3 Å². The van der Waals surface area contributed by atoms with E-state index in [1.165, 1.54) is 7.11 Å². The average Bonchev–Trinajstić information content (AvgIpc) is 2.85. The van der Waals surface area contributed by atoms with Crippen molar-refractivity contribution in [2.45, 2.75) is 38.6 Å². The second-order valence-electron chi connectivity index (χ2n) is 5.01. The highest BCUT2D eigenvalue weighted by atomic mass is 32.1. The molecule has 1 aliphatic carbocycles. The Bertz CT molecular complexity index is 461. The Hall–Kier alpha value is -1.36. The largest absolute Gasteiger partial charge is 0.469 e. The van der Waals surface area contributed by atoms with E-state index in [0.717, 1.165) is 36.8 Å². The maximum atomic E-state index is 12.1. The topological polar surface area (TPSA) is 55.4 Å². The SMILES string of the molecule is COC(=O)C1CCC(NC(=O)c2cscc2C)CC1. The third kappa shape index (κ3) is 3.35. The van der Waals surface area contributed by atoms with E-state index < -0.39 is 0 Å².